The Balaban J connectivity index is 2.58. The molecule has 0 amide bonds. The number of halogens is 1. The zero-order valence-electron chi connectivity index (χ0n) is 8.84. The fourth-order valence-corrected chi connectivity index (χ4v) is 1.84. The molecule has 0 fully saturated rings. The standard InChI is InChI=1S/C14H12Cl/c1-10-4-3-5-12(8-10)13-9-11(2)6-7-14(13)15/h3,5-9H,1-2H3. The van der Waals surface area contributed by atoms with Crippen LogP contribution >= 0.6 is 11.6 Å². The minimum atomic E-state index is 0.797. The van der Waals surface area contributed by atoms with Crippen molar-refractivity contribution < 1.29 is 0 Å². The van der Waals surface area contributed by atoms with Crippen molar-refractivity contribution in [2.45, 2.75) is 13.8 Å². The molecule has 0 aromatic heterocycles. The fraction of sp³-hybridized carbons (Fsp3) is 0.143. The molecule has 0 saturated carbocycles. The Labute approximate surface area is 95.5 Å². The van der Waals surface area contributed by atoms with E-state index < -0.39 is 0 Å². The van der Waals surface area contributed by atoms with Crippen molar-refractivity contribution in [2.24, 2.45) is 0 Å². The summed E-state index contributed by atoms with van der Waals surface area (Å²) < 4.78 is 0. The molecule has 0 spiro atoms. The maximum atomic E-state index is 6.17. The van der Waals surface area contributed by atoms with Gasteiger partial charge < -0.3 is 0 Å². The summed E-state index contributed by atoms with van der Waals surface area (Å²) in [4.78, 5) is 0. The van der Waals surface area contributed by atoms with Gasteiger partial charge in [-0.2, -0.15) is 0 Å². The van der Waals surface area contributed by atoms with E-state index in [2.05, 4.69) is 25.1 Å². The lowest BCUT2D eigenvalue weighted by molar-refractivity contribution is 1.43. The van der Waals surface area contributed by atoms with Gasteiger partial charge in [-0.05, 0) is 43.2 Å². The molecule has 0 aliphatic rings. The number of hydrogen-bond acceptors (Lipinski definition) is 0. The molecule has 0 bridgehead atoms. The second kappa shape index (κ2) is 4.08. The van der Waals surface area contributed by atoms with Crippen molar-refractivity contribution in [2.75, 3.05) is 0 Å². The molecule has 0 aliphatic heterocycles. The Morgan fingerprint density at radius 2 is 1.87 bits per heavy atom. The highest BCUT2D eigenvalue weighted by molar-refractivity contribution is 6.33. The molecule has 2 rings (SSSR count). The van der Waals surface area contributed by atoms with Gasteiger partial charge in [-0.25, -0.2) is 0 Å². The summed E-state index contributed by atoms with van der Waals surface area (Å²) in [6.07, 6.45) is 0. The SMILES string of the molecule is Cc1[c]ccc(-c2cc(C)ccc2Cl)c1. The maximum Gasteiger partial charge on any atom is 0.0484 e. The first-order chi connectivity index (χ1) is 7.16. The first kappa shape index (κ1) is 10.3. The van der Waals surface area contributed by atoms with E-state index in [9.17, 15) is 0 Å². The number of hydrogen-bond donors (Lipinski definition) is 0. The van der Waals surface area contributed by atoms with E-state index in [4.69, 9.17) is 11.6 Å². The van der Waals surface area contributed by atoms with E-state index in [1.54, 1.807) is 0 Å². The van der Waals surface area contributed by atoms with Gasteiger partial charge in [-0.3, -0.25) is 0 Å². The third kappa shape index (κ3) is 2.21. The van der Waals surface area contributed by atoms with Crippen molar-refractivity contribution in [1.29, 1.82) is 0 Å². The van der Waals surface area contributed by atoms with E-state index in [0.29, 0.717) is 0 Å². The van der Waals surface area contributed by atoms with Crippen molar-refractivity contribution in [3.05, 3.63) is 58.6 Å². The summed E-state index contributed by atoms with van der Waals surface area (Å²) in [6.45, 7) is 4.11. The number of aryl methyl sites for hydroxylation is 2. The van der Waals surface area contributed by atoms with Crippen molar-refractivity contribution in [1.82, 2.24) is 0 Å². The molecule has 0 N–H and O–H groups in total. The Hall–Kier alpha value is -1.27. The van der Waals surface area contributed by atoms with Crippen LogP contribution in [0.15, 0.2) is 36.4 Å². The second-order valence-electron chi connectivity index (χ2n) is 3.74. The zero-order valence-corrected chi connectivity index (χ0v) is 9.60. The number of benzene rings is 2. The molecule has 0 nitrogen and oxygen atoms in total. The Morgan fingerprint density at radius 3 is 2.60 bits per heavy atom. The van der Waals surface area contributed by atoms with Crippen LogP contribution in [-0.4, -0.2) is 0 Å². The molecular formula is C14H12Cl. The van der Waals surface area contributed by atoms with E-state index in [1.807, 2.05) is 31.2 Å². The summed E-state index contributed by atoms with van der Waals surface area (Å²) in [5, 5.41) is 0.797. The maximum absolute atomic E-state index is 6.17. The van der Waals surface area contributed by atoms with Crippen LogP contribution in [0.1, 0.15) is 11.1 Å². The van der Waals surface area contributed by atoms with Crippen LogP contribution in [0.2, 0.25) is 5.02 Å². The first-order valence-electron chi connectivity index (χ1n) is 4.92. The minimum Gasteiger partial charge on any atom is -0.0837 e. The van der Waals surface area contributed by atoms with Crippen molar-refractivity contribution in [3.63, 3.8) is 0 Å². The molecule has 0 saturated heterocycles. The quantitative estimate of drug-likeness (QED) is 0.661. The van der Waals surface area contributed by atoms with Gasteiger partial charge in [-0.1, -0.05) is 41.4 Å². The lowest BCUT2D eigenvalue weighted by Crippen LogP contribution is -1.82. The van der Waals surface area contributed by atoms with Crippen molar-refractivity contribution >= 4 is 11.6 Å². The van der Waals surface area contributed by atoms with Crippen LogP contribution < -0.4 is 0 Å². The average molecular weight is 216 g/mol. The molecule has 0 atom stereocenters. The van der Waals surface area contributed by atoms with Gasteiger partial charge in [0.15, 0.2) is 0 Å². The summed E-state index contributed by atoms with van der Waals surface area (Å²) in [5.74, 6) is 0. The van der Waals surface area contributed by atoms with Crippen LogP contribution in [0.5, 0.6) is 0 Å². The lowest BCUT2D eigenvalue weighted by atomic mass is 10.0. The first-order valence-corrected chi connectivity index (χ1v) is 5.29. The van der Waals surface area contributed by atoms with E-state index in [-0.39, 0.29) is 0 Å². The van der Waals surface area contributed by atoms with Gasteiger partial charge in [0, 0.05) is 10.6 Å². The van der Waals surface area contributed by atoms with Gasteiger partial charge in [0.05, 0.1) is 0 Å². The van der Waals surface area contributed by atoms with Gasteiger partial charge in [0.25, 0.3) is 0 Å². The highest BCUT2D eigenvalue weighted by atomic mass is 35.5. The molecule has 75 valence electrons. The normalized spacial score (nSPS) is 10.3. The largest absolute Gasteiger partial charge is 0.0837 e. The Morgan fingerprint density at radius 1 is 1.07 bits per heavy atom. The molecule has 15 heavy (non-hydrogen) atoms. The molecule has 2 aromatic rings. The molecule has 1 heteroatoms. The highest BCUT2D eigenvalue weighted by Crippen LogP contribution is 2.28. The van der Waals surface area contributed by atoms with Gasteiger partial charge >= 0.3 is 0 Å². The van der Waals surface area contributed by atoms with Crippen LogP contribution in [0, 0.1) is 19.9 Å². The molecule has 0 unspecified atom stereocenters. The average Bonchev–Trinajstić information content (AvgIpc) is 2.22. The van der Waals surface area contributed by atoms with Crippen LogP contribution in [0.25, 0.3) is 11.1 Å². The zero-order chi connectivity index (χ0) is 10.8. The summed E-state index contributed by atoms with van der Waals surface area (Å²) in [5.41, 5.74) is 4.60. The summed E-state index contributed by atoms with van der Waals surface area (Å²) in [6, 6.07) is 15.3. The van der Waals surface area contributed by atoms with Gasteiger partial charge in [-0.15, -0.1) is 0 Å². The van der Waals surface area contributed by atoms with Crippen LogP contribution in [0.3, 0.4) is 0 Å². The van der Waals surface area contributed by atoms with Crippen LogP contribution in [0.4, 0.5) is 0 Å². The Kier molecular flexibility index (Phi) is 2.79. The van der Waals surface area contributed by atoms with E-state index in [1.165, 1.54) is 5.56 Å². The highest BCUT2D eigenvalue weighted by Gasteiger charge is 2.03. The van der Waals surface area contributed by atoms with Gasteiger partial charge in [0.1, 0.15) is 0 Å². The van der Waals surface area contributed by atoms with Crippen LogP contribution in [-0.2, 0) is 0 Å². The van der Waals surface area contributed by atoms with Crippen molar-refractivity contribution in [3.8, 4) is 11.1 Å². The van der Waals surface area contributed by atoms with Gasteiger partial charge in [0.2, 0.25) is 0 Å². The molecule has 2 aromatic carbocycles. The van der Waals surface area contributed by atoms with E-state index >= 15 is 0 Å². The third-order valence-corrected chi connectivity index (χ3v) is 2.71. The second-order valence-corrected chi connectivity index (χ2v) is 4.15. The predicted octanol–water partition coefficient (Wildman–Crippen LogP) is 4.42. The topological polar surface area (TPSA) is 0 Å². The third-order valence-electron chi connectivity index (χ3n) is 2.38. The lowest BCUT2D eigenvalue weighted by Gasteiger charge is -2.06. The smallest absolute Gasteiger partial charge is 0.0484 e. The number of rotatable bonds is 1. The predicted molar refractivity (Wildman–Crippen MR) is 65.2 cm³/mol. The van der Waals surface area contributed by atoms with E-state index in [0.717, 1.165) is 21.7 Å². The molecule has 1 radical (unpaired) electrons. The summed E-state index contributed by atoms with van der Waals surface area (Å²) in [7, 11) is 0. The summed E-state index contributed by atoms with van der Waals surface area (Å²) >= 11 is 6.17. The molecule has 0 heterocycles. The molecule has 0 aliphatic carbocycles. The fourth-order valence-electron chi connectivity index (χ4n) is 1.61. The Bertz CT molecular complexity index is 486. The minimum absolute atomic E-state index is 0.797. The molecular weight excluding hydrogens is 204 g/mol. The monoisotopic (exact) mass is 215 g/mol.